The highest BCUT2D eigenvalue weighted by Crippen LogP contribution is 2.28. The van der Waals surface area contributed by atoms with Crippen LogP contribution in [0.1, 0.15) is 17.4 Å². The highest BCUT2D eigenvalue weighted by Gasteiger charge is 2.47. The highest BCUT2D eigenvalue weighted by molar-refractivity contribution is 7.11. The summed E-state index contributed by atoms with van der Waals surface area (Å²) in [6.07, 6.45) is 3.17. The average Bonchev–Trinajstić information content (AvgIpc) is 2.95. The minimum absolute atomic E-state index is 0.112. The van der Waals surface area contributed by atoms with E-state index in [1.165, 1.54) is 6.08 Å². The largest absolute Gasteiger partial charge is 0.481 e. The molecule has 0 aliphatic carbocycles. The zero-order valence-electron chi connectivity index (χ0n) is 11.4. The van der Waals surface area contributed by atoms with Crippen molar-refractivity contribution in [1.29, 1.82) is 0 Å². The molecule has 1 saturated heterocycles. The summed E-state index contributed by atoms with van der Waals surface area (Å²) < 4.78 is 5.19. The molecule has 1 aromatic heterocycles. The lowest BCUT2D eigenvalue weighted by Gasteiger charge is -2.24. The third-order valence-corrected chi connectivity index (χ3v) is 4.53. The lowest BCUT2D eigenvalue weighted by Crippen LogP contribution is -2.49. The molecule has 5 nitrogen and oxygen atoms in total. The van der Waals surface area contributed by atoms with Crippen molar-refractivity contribution in [3.8, 4) is 0 Å². The second-order valence-electron chi connectivity index (χ2n) is 5.10. The van der Waals surface area contributed by atoms with Crippen molar-refractivity contribution >= 4 is 29.3 Å². The summed E-state index contributed by atoms with van der Waals surface area (Å²) in [5.74, 6) is -1.26. The predicted molar refractivity (Wildman–Crippen MR) is 76.6 cm³/mol. The van der Waals surface area contributed by atoms with Crippen molar-refractivity contribution < 1.29 is 19.4 Å². The zero-order chi connectivity index (χ0) is 14.8. The van der Waals surface area contributed by atoms with Gasteiger partial charge in [-0.2, -0.15) is 0 Å². The van der Waals surface area contributed by atoms with Crippen LogP contribution in [0, 0.1) is 12.3 Å². The molecule has 20 heavy (non-hydrogen) atoms. The second-order valence-corrected chi connectivity index (χ2v) is 6.05. The molecule has 108 valence electrons. The molecule has 2 atom stereocenters. The topological polar surface area (TPSA) is 75.6 Å². The van der Waals surface area contributed by atoms with Crippen LogP contribution < -0.4 is 5.32 Å². The molecular formula is C14H17NO4S. The third-order valence-electron chi connectivity index (χ3n) is 3.55. The van der Waals surface area contributed by atoms with Gasteiger partial charge < -0.3 is 15.2 Å². The molecule has 1 amide bonds. The van der Waals surface area contributed by atoms with E-state index < -0.39 is 17.4 Å². The van der Waals surface area contributed by atoms with Crippen LogP contribution in [-0.4, -0.2) is 36.2 Å². The molecule has 2 N–H and O–H groups in total. The molecule has 2 unspecified atom stereocenters. The van der Waals surface area contributed by atoms with Crippen LogP contribution in [0.4, 0.5) is 0 Å². The van der Waals surface area contributed by atoms with Gasteiger partial charge in [-0.25, -0.2) is 0 Å². The highest BCUT2D eigenvalue weighted by atomic mass is 32.1. The van der Waals surface area contributed by atoms with Crippen LogP contribution in [0.25, 0.3) is 6.08 Å². The Hall–Kier alpha value is -1.66. The number of hydrogen-bond acceptors (Lipinski definition) is 4. The fourth-order valence-electron chi connectivity index (χ4n) is 2.01. The smallest absolute Gasteiger partial charge is 0.313 e. The first-order chi connectivity index (χ1) is 9.43. The van der Waals surface area contributed by atoms with E-state index in [1.807, 2.05) is 18.4 Å². The number of amides is 1. The van der Waals surface area contributed by atoms with Crippen molar-refractivity contribution in [2.45, 2.75) is 19.9 Å². The first kappa shape index (κ1) is 14.7. The van der Waals surface area contributed by atoms with Crippen molar-refractivity contribution in [2.24, 2.45) is 5.41 Å². The third kappa shape index (κ3) is 2.91. The monoisotopic (exact) mass is 295 g/mol. The Bertz CT molecular complexity index is 551. The number of carbonyl (C=O) groups is 2. The second kappa shape index (κ2) is 5.76. The van der Waals surface area contributed by atoms with E-state index >= 15 is 0 Å². The molecule has 1 aromatic rings. The number of hydrogen-bond donors (Lipinski definition) is 2. The first-order valence-corrected chi connectivity index (χ1v) is 7.15. The molecule has 6 heteroatoms. The van der Waals surface area contributed by atoms with Gasteiger partial charge >= 0.3 is 5.97 Å². The molecule has 1 fully saturated rings. The van der Waals surface area contributed by atoms with E-state index in [1.54, 1.807) is 24.3 Å². The van der Waals surface area contributed by atoms with E-state index in [0.29, 0.717) is 0 Å². The number of carboxylic acid groups (broad SMARTS) is 1. The maximum absolute atomic E-state index is 11.9. The summed E-state index contributed by atoms with van der Waals surface area (Å²) in [6, 6.07) is 1.47. The van der Waals surface area contributed by atoms with Gasteiger partial charge in [-0.15, -0.1) is 11.3 Å². The molecule has 2 rings (SSSR count). The normalized spacial score (nSPS) is 26.0. The average molecular weight is 295 g/mol. The van der Waals surface area contributed by atoms with Crippen molar-refractivity contribution in [2.75, 3.05) is 13.2 Å². The predicted octanol–water partition coefficient (Wildman–Crippen LogP) is 1.68. The van der Waals surface area contributed by atoms with Gasteiger partial charge in [-0.1, -0.05) is 0 Å². The van der Waals surface area contributed by atoms with E-state index in [4.69, 9.17) is 4.74 Å². The zero-order valence-corrected chi connectivity index (χ0v) is 12.2. The molecular weight excluding hydrogens is 278 g/mol. The van der Waals surface area contributed by atoms with Crippen molar-refractivity contribution in [1.82, 2.24) is 5.32 Å². The molecule has 2 heterocycles. The fraction of sp³-hybridized carbons (Fsp3) is 0.429. The minimum atomic E-state index is -1.07. The molecule has 0 bridgehead atoms. The molecule has 0 radical (unpaired) electrons. The van der Waals surface area contributed by atoms with Crippen LogP contribution >= 0.6 is 11.3 Å². The summed E-state index contributed by atoms with van der Waals surface area (Å²) >= 11 is 1.55. The van der Waals surface area contributed by atoms with E-state index in [0.717, 1.165) is 10.4 Å². The van der Waals surface area contributed by atoms with Crippen LogP contribution in [0.3, 0.4) is 0 Å². The van der Waals surface area contributed by atoms with Gasteiger partial charge in [0.15, 0.2) is 0 Å². The summed E-state index contributed by atoms with van der Waals surface area (Å²) in [4.78, 5) is 24.1. The molecule has 1 aliphatic rings. The number of nitrogens with one attached hydrogen (secondary N) is 1. The number of carboxylic acids is 1. The van der Waals surface area contributed by atoms with Crippen LogP contribution in [0.2, 0.25) is 0 Å². The van der Waals surface area contributed by atoms with Gasteiger partial charge in [0, 0.05) is 11.0 Å². The molecule has 1 aliphatic heterocycles. The summed E-state index contributed by atoms with van der Waals surface area (Å²) in [6.45, 7) is 3.89. The van der Waals surface area contributed by atoms with Gasteiger partial charge in [-0.05, 0) is 36.9 Å². The minimum Gasteiger partial charge on any atom is -0.481 e. The lowest BCUT2D eigenvalue weighted by atomic mass is 9.85. The Labute approximate surface area is 121 Å². The lowest BCUT2D eigenvalue weighted by molar-refractivity contribution is -0.148. The standard InChI is InChI=1S/C14H17NO4S/c1-9-5-6-20-10(9)3-4-12(16)15-11-7-19-8-14(11,2)13(17)18/h3-6,11H,7-8H2,1-2H3,(H,15,16)(H,17,18). The number of carbonyl (C=O) groups excluding carboxylic acids is 1. The molecule has 0 spiro atoms. The summed E-state index contributed by atoms with van der Waals surface area (Å²) in [5.41, 5.74) is 0.0427. The van der Waals surface area contributed by atoms with E-state index in [-0.39, 0.29) is 19.1 Å². The van der Waals surface area contributed by atoms with Crippen LogP contribution in [-0.2, 0) is 14.3 Å². The number of thiophene rings is 1. The quantitative estimate of drug-likeness (QED) is 0.829. The number of aryl methyl sites for hydroxylation is 1. The Morgan fingerprint density at radius 2 is 2.35 bits per heavy atom. The number of aliphatic carboxylic acids is 1. The van der Waals surface area contributed by atoms with Gasteiger partial charge in [0.05, 0.1) is 19.3 Å². The van der Waals surface area contributed by atoms with Gasteiger partial charge in [0.25, 0.3) is 0 Å². The van der Waals surface area contributed by atoms with Crippen LogP contribution in [0.15, 0.2) is 17.5 Å². The Morgan fingerprint density at radius 1 is 1.60 bits per heavy atom. The maximum Gasteiger partial charge on any atom is 0.313 e. The Kier molecular flexibility index (Phi) is 4.25. The number of rotatable bonds is 4. The van der Waals surface area contributed by atoms with Gasteiger partial charge in [0.1, 0.15) is 5.41 Å². The summed E-state index contributed by atoms with van der Waals surface area (Å²) in [7, 11) is 0. The Balaban J connectivity index is 2.00. The van der Waals surface area contributed by atoms with Crippen LogP contribution in [0.5, 0.6) is 0 Å². The van der Waals surface area contributed by atoms with Gasteiger partial charge in [0.2, 0.25) is 5.91 Å². The van der Waals surface area contributed by atoms with E-state index in [9.17, 15) is 14.7 Å². The Morgan fingerprint density at radius 3 is 2.95 bits per heavy atom. The summed E-state index contributed by atoms with van der Waals surface area (Å²) in [5, 5.41) is 13.9. The first-order valence-electron chi connectivity index (χ1n) is 6.27. The van der Waals surface area contributed by atoms with Crippen molar-refractivity contribution in [3.63, 3.8) is 0 Å². The molecule has 0 saturated carbocycles. The van der Waals surface area contributed by atoms with Crippen molar-refractivity contribution in [3.05, 3.63) is 28.0 Å². The fourth-order valence-corrected chi connectivity index (χ4v) is 2.83. The maximum atomic E-state index is 11.9. The molecule has 0 aromatic carbocycles. The van der Waals surface area contributed by atoms with Gasteiger partial charge in [-0.3, -0.25) is 9.59 Å². The number of ether oxygens (including phenoxy) is 1. The SMILES string of the molecule is Cc1ccsc1C=CC(=O)NC1COCC1(C)C(=O)O. The van der Waals surface area contributed by atoms with E-state index in [2.05, 4.69) is 5.32 Å².